The molecule has 3 nitrogen and oxygen atoms in total. The van der Waals surface area contributed by atoms with E-state index in [1.54, 1.807) is 0 Å². The molecule has 0 atom stereocenters. The maximum absolute atomic E-state index is 5.25. The summed E-state index contributed by atoms with van der Waals surface area (Å²) >= 11 is 0. The fourth-order valence-corrected chi connectivity index (χ4v) is 6.51. The van der Waals surface area contributed by atoms with Gasteiger partial charge in [-0.05, 0) is 53.9 Å². The summed E-state index contributed by atoms with van der Waals surface area (Å²) in [5, 5.41) is 7.12. The summed E-state index contributed by atoms with van der Waals surface area (Å²) < 4.78 is 2.38. The molecule has 0 saturated carbocycles. The van der Waals surface area contributed by atoms with Crippen molar-refractivity contribution in [3.63, 3.8) is 0 Å². The highest BCUT2D eigenvalue weighted by atomic mass is 15.0. The number of benzene rings is 6. The summed E-state index contributed by atoms with van der Waals surface area (Å²) in [7, 11) is 0. The van der Waals surface area contributed by atoms with Crippen molar-refractivity contribution in [2.75, 3.05) is 0 Å². The molecular formula is C40H25N3. The first kappa shape index (κ1) is 23.9. The quantitative estimate of drug-likeness (QED) is 0.206. The maximum Gasteiger partial charge on any atom is 0.0788 e. The van der Waals surface area contributed by atoms with Gasteiger partial charge in [0.2, 0.25) is 0 Å². The summed E-state index contributed by atoms with van der Waals surface area (Å²) in [4.78, 5) is 10.2. The molecule has 0 unspecified atom stereocenters. The van der Waals surface area contributed by atoms with Crippen LogP contribution in [-0.4, -0.2) is 14.5 Å². The predicted molar refractivity (Wildman–Crippen MR) is 180 cm³/mol. The first-order valence-electron chi connectivity index (χ1n) is 14.6. The van der Waals surface area contributed by atoms with Crippen LogP contribution in [-0.2, 0) is 0 Å². The van der Waals surface area contributed by atoms with E-state index in [0.717, 1.165) is 55.4 Å². The van der Waals surface area contributed by atoms with Gasteiger partial charge in [0.1, 0.15) is 0 Å². The molecule has 0 aliphatic heterocycles. The number of aromatic nitrogens is 3. The molecule has 200 valence electrons. The predicted octanol–water partition coefficient (Wildman–Crippen LogP) is 10.4. The zero-order valence-corrected chi connectivity index (χ0v) is 23.3. The SMILES string of the molecule is c1ccc(-n2c3ccccc3c3cc4c(-c5ccc(-c6ccc7ccccc7n6)cc5)nc5ccccc5c4cc32)cc1. The van der Waals surface area contributed by atoms with Crippen molar-refractivity contribution in [2.24, 2.45) is 0 Å². The number of para-hydroxylation sites is 4. The van der Waals surface area contributed by atoms with Crippen LogP contribution in [0.3, 0.4) is 0 Å². The minimum Gasteiger partial charge on any atom is -0.309 e. The Morgan fingerprint density at radius 1 is 0.395 bits per heavy atom. The molecule has 3 heterocycles. The van der Waals surface area contributed by atoms with Gasteiger partial charge in [-0.3, -0.25) is 0 Å². The number of rotatable bonds is 3. The molecule has 43 heavy (non-hydrogen) atoms. The van der Waals surface area contributed by atoms with Gasteiger partial charge in [0, 0.05) is 43.7 Å². The first-order chi connectivity index (χ1) is 21.3. The highest BCUT2D eigenvalue weighted by Crippen LogP contribution is 2.40. The Labute approximate surface area is 248 Å². The van der Waals surface area contributed by atoms with E-state index in [1.165, 1.54) is 27.2 Å². The third-order valence-corrected chi connectivity index (χ3v) is 8.56. The van der Waals surface area contributed by atoms with E-state index in [2.05, 4.69) is 144 Å². The van der Waals surface area contributed by atoms with Gasteiger partial charge in [0.15, 0.2) is 0 Å². The normalized spacial score (nSPS) is 11.7. The van der Waals surface area contributed by atoms with E-state index < -0.39 is 0 Å². The molecule has 0 aliphatic carbocycles. The Balaban J connectivity index is 1.29. The Morgan fingerprint density at radius 2 is 1.09 bits per heavy atom. The Kier molecular flexibility index (Phi) is 5.20. The number of hydrogen-bond donors (Lipinski definition) is 0. The molecule has 0 bridgehead atoms. The van der Waals surface area contributed by atoms with Crippen molar-refractivity contribution in [1.29, 1.82) is 0 Å². The number of pyridine rings is 2. The van der Waals surface area contributed by atoms with Crippen molar-refractivity contribution >= 4 is 54.4 Å². The minimum atomic E-state index is 0.969. The molecule has 0 radical (unpaired) electrons. The van der Waals surface area contributed by atoms with Gasteiger partial charge in [-0.25, -0.2) is 9.97 Å². The summed E-state index contributed by atoms with van der Waals surface area (Å²) in [5.74, 6) is 0. The van der Waals surface area contributed by atoms with Gasteiger partial charge in [-0.2, -0.15) is 0 Å². The Hall–Kier alpha value is -5.80. The molecule has 0 fully saturated rings. The van der Waals surface area contributed by atoms with Crippen LogP contribution in [0.2, 0.25) is 0 Å². The van der Waals surface area contributed by atoms with Crippen molar-refractivity contribution in [2.45, 2.75) is 0 Å². The number of nitrogens with zero attached hydrogens (tertiary/aromatic N) is 3. The highest BCUT2D eigenvalue weighted by molar-refractivity contribution is 6.20. The van der Waals surface area contributed by atoms with Gasteiger partial charge in [0.25, 0.3) is 0 Å². The van der Waals surface area contributed by atoms with E-state index in [-0.39, 0.29) is 0 Å². The summed E-state index contributed by atoms with van der Waals surface area (Å²) in [6.45, 7) is 0. The molecule has 0 aliphatic rings. The molecule has 3 heteroatoms. The van der Waals surface area contributed by atoms with E-state index in [9.17, 15) is 0 Å². The van der Waals surface area contributed by atoms with Crippen LogP contribution >= 0.6 is 0 Å². The zero-order chi connectivity index (χ0) is 28.3. The molecule has 3 aromatic heterocycles. The highest BCUT2D eigenvalue weighted by Gasteiger charge is 2.17. The summed E-state index contributed by atoms with van der Waals surface area (Å²) in [6, 6.07) is 53.7. The molecule has 0 spiro atoms. The van der Waals surface area contributed by atoms with Crippen LogP contribution in [0.5, 0.6) is 0 Å². The van der Waals surface area contributed by atoms with Crippen molar-refractivity contribution in [3.8, 4) is 28.2 Å². The molecule has 0 amide bonds. The number of hydrogen-bond acceptors (Lipinski definition) is 2. The molecule has 0 N–H and O–H groups in total. The maximum atomic E-state index is 5.25. The third kappa shape index (κ3) is 3.75. The fourth-order valence-electron chi connectivity index (χ4n) is 6.51. The smallest absolute Gasteiger partial charge is 0.0788 e. The fraction of sp³-hybridized carbons (Fsp3) is 0. The lowest BCUT2D eigenvalue weighted by molar-refractivity contribution is 1.18. The van der Waals surface area contributed by atoms with Crippen LogP contribution in [0.25, 0.3) is 82.6 Å². The second-order valence-corrected chi connectivity index (χ2v) is 11.0. The number of fused-ring (bicyclic) bond motifs is 7. The second kappa shape index (κ2) is 9.37. The van der Waals surface area contributed by atoms with Gasteiger partial charge >= 0.3 is 0 Å². The third-order valence-electron chi connectivity index (χ3n) is 8.56. The lowest BCUT2D eigenvalue weighted by atomic mass is 9.97. The van der Waals surface area contributed by atoms with Crippen LogP contribution in [0.15, 0.2) is 152 Å². The first-order valence-corrected chi connectivity index (χ1v) is 14.6. The van der Waals surface area contributed by atoms with Crippen molar-refractivity contribution in [1.82, 2.24) is 14.5 Å². The van der Waals surface area contributed by atoms with Crippen LogP contribution in [0.4, 0.5) is 0 Å². The molecule has 9 aromatic rings. The topological polar surface area (TPSA) is 30.7 Å². The summed E-state index contributed by atoms with van der Waals surface area (Å²) in [5.41, 5.74) is 9.69. The van der Waals surface area contributed by atoms with E-state index in [4.69, 9.17) is 9.97 Å². The van der Waals surface area contributed by atoms with E-state index in [0.29, 0.717) is 0 Å². The second-order valence-electron chi connectivity index (χ2n) is 11.0. The summed E-state index contributed by atoms with van der Waals surface area (Å²) in [6.07, 6.45) is 0. The van der Waals surface area contributed by atoms with Crippen molar-refractivity contribution in [3.05, 3.63) is 152 Å². The van der Waals surface area contributed by atoms with Crippen LogP contribution in [0.1, 0.15) is 0 Å². The molecular weight excluding hydrogens is 522 g/mol. The van der Waals surface area contributed by atoms with E-state index >= 15 is 0 Å². The minimum absolute atomic E-state index is 0.969. The van der Waals surface area contributed by atoms with Crippen molar-refractivity contribution < 1.29 is 0 Å². The molecule has 9 rings (SSSR count). The zero-order valence-electron chi connectivity index (χ0n) is 23.3. The largest absolute Gasteiger partial charge is 0.309 e. The van der Waals surface area contributed by atoms with Gasteiger partial charge < -0.3 is 4.57 Å². The van der Waals surface area contributed by atoms with E-state index in [1.807, 2.05) is 12.1 Å². The lowest BCUT2D eigenvalue weighted by Crippen LogP contribution is -1.94. The van der Waals surface area contributed by atoms with Crippen LogP contribution in [0, 0.1) is 0 Å². The average Bonchev–Trinajstić information content (AvgIpc) is 3.40. The monoisotopic (exact) mass is 547 g/mol. The Bertz CT molecular complexity index is 2490. The molecule has 0 saturated heterocycles. The van der Waals surface area contributed by atoms with Gasteiger partial charge in [-0.1, -0.05) is 103 Å². The molecule has 6 aromatic carbocycles. The average molecular weight is 548 g/mol. The Morgan fingerprint density at radius 3 is 1.95 bits per heavy atom. The standard InChI is InChI=1S/C40H25N3/c1-2-11-29(12-3-1)43-38-17-9-6-14-31(38)33-24-34-32(25-39(33)43)30-13-5-8-16-37(30)42-40(34)28-20-18-27(19-21-28)36-23-22-26-10-4-7-15-35(26)41-36/h1-25H. The van der Waals surface area contributed by atoms with Crippen LogP contribution < -0.4 is 0 Å². The van der Waals surface area contributed by atoms with Gasteiger partial charge in [0.05, 0.1) is 33.5 Å². The van der Waals surface area contributed by atoms with Gasteiger partial charge in [-0.15, -0.1) is 0 Å². The lowest BCUT2D eigenvalue weighted by Gasteiger charge is -2.13.